The van der Waals surface area contributed by atoms with Crippen LogP contribution in [0.1, 0.15) is 6.42 Å². The smallest absolute Gasteiger partial charge is 0.314 e. The van der Waals surface area contributed by atoms with Gasteiger partial charge in [-0.05, 0) is 19.0 Å². The van der Waals surface area contributed by atoms with Crippen LogP contribution in [0.3, 0.4) is 0 Å². The Morgan fingerprint density at radius 2 is 2.38 bits per heavy atom. The number of nitrogens with zero attached hydrogens (tertiary/aromatic N) is 1. The van der Waals surface area contributed by atoms with Crippen molar-refractivity contribution in [2.24, 2.45) is 0 Å². The third-order valence-electron chi connectivity index (χ3n) is 2.44. The van der Waals surface area contributed by atoms with Crippen LogP contribution in [0.4, 0.5) is 10.1 Å². The summed E-state index contributed by atoms with van der Waals surface area (Å²) < 4.78 is 18.7. The molecule has 86 valence electrons. The number of halogens is 1. The quantitative estimate of drug-likeness (QED) is 0.626. The Kier molecular flexibility index (Phi) is 3.00. The Labute approximate surface area is 91.4 Å². The maximum absolute atomic E-state index is 13.4. The van der Waals surface area contributed by atoms with Gasteiger partial charge in [0.15, 0.2) is 5.82 Å². The fourth-order valence-corrected chi connectivity index (χ4v) is 1.65. The minimum absolute atomic E-state index is 0.199. The molecule has 1 aliphatic rings. The average molecular weight is 226 g/mol. The molecule has 1 aromatic rings. The SMILES string of the molecule is O=[N+]([O-])c1cccc(F)c1O[C@@H]1CCNC1. The van der Waals surface area contributed by atoms with E-state index in [1.807, 2.05) is 0 Å². The van der Waals surface area contributed by atoms with Crippen LogP contribution in [0.15, 0.2) is 18.2 Å². The fraction of sp³-hybridized carbons (Fsp3) is 0.400. The molecule has 0 aliphatic carbocycles. The van der Waals surface area contributed by atoms with Gasteiger partial charge in [-0.1, -0.05) is 6.07 Å². The lowest BCUT2D eigenvalue weighted by atomic mass is 10.2. The van der Waals surface area contributed by atoms with Gasteiger partial charge in [0.1, 0.15) is 6.10 Å². The van der Waals surface area contributed by atoms with E-state index in [9.17, 15) is 14.5 Å². The first kappa shape index (κ1) is 10.8. The predicted octanol–water partition coefficient (Wildman–Crippen LogP) is 1.47. The molecular formula is C10H11FN2O3. The number of hydrogen-bond acceptors (Lipinski definition) is 4. The molecule has 0 amide bonds. The molecule has 0 bridgehead atoms. The molecule has 1 aliphatic heterocycles. The van der Waals surface area contributed by atoms with E-state index in [0.717, 1.165) is 19.0 Å². The number of para-hydroxylation sites is 1. The number of ether oxygens (including phenoxy) is 1. The van der Waals surface area contributed by atoms with E-state index >= 15 is 0 Å². The number of hydrogen-bond donors (Lipinski definition) is 1. The minimum Gasteiger partial charge on any atom is -0.480 e. The molecule has 6 heteroatoms. The Hall–Kier alpha value is -1.69. The third-order valence-corrected chi connectivity index (χ3v) is 2.44. The average Bonchev–Trinajstić information content (AvgIpc) is 2.73. The summed E-state index contributed by atoms with van der Waals surface area (Å²) in [6.45, 7) is 1.37. The third kappa shape index (κ3) is 2.11. The lowest BCUT2D eigenvalue weighted by molar-refractivity contribution is -0.386. The van der Waals surface area contributed by atoms with Gasteiger partial charge in [-0.2, -0.15) is 0 Å². The van der Waals surface area contributed by atoms with Crippen LogP contribution in [0.2, 0.25) is 0 Å². The van der Waals surface area contributed by atoms with Crippen molar-refractivity contribution in [1.29, 1.82) is 0 Å². The van der Waals surface area contributed by atoms with Crippen LogP contribution in [0, 0.1) is 15.9 Å². The number of nitrogens with one attached hydrogen (secondary N) is 1. The number of nitro benzene ring substituents is 1. The summed E-state index contributed by atoms with van der Waals surface area (Å²) in [5.41, 5.74) is -0.327. The van der Waals surface area contributed by atoms with E-state index in [0.29, 0.717) is 6.54 Å². The Morgan fingerprint density at radius 1 is 1.56 bits per heavy atom. The van der Waals surface area contributed by atoms with E-state index in [-0.39, 0.29) is 17.5 Å². The van der Waals surface area contributed by atoms with Gasteiger partial charge in [-0.15, -0.1) is 0 Å². The van der Waals surface area contributed by atoms with Gasteiger partial charge in [0.2, 0.25) is 5.75 Å². The van der Waals surface area contributed by atoms with Crippen LogP contribution in [0.5, 0.6) is 5.75 Å². The molecule has 1 atom stereocenters. The van der Waals surface area contributed by atoms with Crippen molar-refractivity contribution >= 4 is 5.69 Å². The topological polar surface area (TPSA) is 64.4 Å². The largest absolute Gasteiger partial charge is 0.480 e. The highest BCUT2D eigenvalue weighted by Gasteiger charge is 2.24. The summed E-state index contributed by atoms with van der Waals surface area (Å²) in [6, 6.07) is 3.69. The molecule has 2 rings (SSSR count). The van der Waals surface area contributed by atoms with E-state index in [4.69, 9.17) is 4.74 Å². The molecule has 5 nitrogen and oxygen atoms in total. The van der Waals surface area contributed by atoms with Crippen molar-refractivity contribution in [3.05, 3.63) is 34.1 Å². The number of rotatable bonds is 3. The van der Waals surface area contributed by atoms with Crippen molar-refractivity contribution in [3.63, 3.8) is 0 Å². The first-order chi connectivity index (χ1) is 7.68. The summed E-state index contributed by atoms with van der Waals surface area (Å²) in [5, 5.41) is 13.7. The molecule has 16 heavy (non-hydrogen) atoms. The normalized spacial score (nSPS) is 19.7. The molecule has 0 unspecified atom stereocenters. The molecule has 0 spiro atoms. The van der Waals surface area contributed by atoms with E-state index in [1.54, 1.807) is 0 Å². The Morgan fingerprint density at radius 3 is 3.00 bits per heavy atom. The van der Waals surface area contributed by atoms with Gasteiger partial charge >= 0.3 is 5.69 Å². The van der Waals surface area contributed by atoms with Gasteiger partial charge in [0.25, 0.3) is 0 Å². The van der Waals surface area contributed by atoms with Crippen molar-refractivity contribution in [3.8, 4) is 5.75 Å². The molecule has 1 saturated heterocycles. The summed E-state index contributed by atoms with van der Waals surface area (Å²) >= 11 is 0. The molecule has 1 N–H and O–H groups in total. The second kappa shape index (κ2) is 4.44. The molecular weight excluding hydrogens is 215 g/mol. The summed E-state index contributed by atoms with van der Waals surface area (Å²) in [4.78, 5) is 10.1. The fourth-order valence-electron chi connectivity index (χ4n) is 1.65. The van der Waals surface area contributed by atoms with Gasteiger partial charge in [0, 0.05) is 12.6 Å². The molecule has 1 aromatic carbocycles. The van der Waals surface area contributed by atoms with Crippen molar-refractivity contribution in [2.75, 3.05) is 13.1 Å². The van der Waals surface area contributed by atoms with E-state index in [1.165, 1.54) is 12.1 Å². The van der Waals surface area contributed by atoms with Crippen molar-refractivity contribution in [1.82, 2.24) is 5.32 Å². The van der Waals surface area contributed by atoms with Crippen LogP contribution < -0.4 is 10.1 Å². The first-order valence-electron chi connectivity index (χ1n) is 4.99. The van der Waals surface area contributed by atoms with Gasteiger partial charge in [-0.3, -0.25) is 10.1 Å². The second-order valence-corrected chi connectivity index (χ2v) is 3.58. The Balaban J connectivity index is 2.26. The predicted molar refractivity (Wildman–Crippen MR) is 55.0 cm³/mol. The molecule has 0 aromatic heterocycles. The standard InChI is InChI=1S/C10H11FN2O3/c11-8-2-1-3-9(13(14)15)10(8)16-7-4-5-12-6-7/h1-3,7,12H,4-6H2/t7-/m1/s1. The maximum atomic E-state index is 13.4. The van der Waals surface area contributed by atoms with Gasteiger partial charge in [-0.25, -0.2) is 4.39 Å². The highest BCUT2D eigenvalue weighted by molar-refractivity contribution is 5.47. The van der Waals surface area contributed by atoms with Crippen LogP contribution in [-0.4, -0.2) is 24.1 Å². The minimum atomic E-state index is -0.693. The van der Waals surface area contributed by atoms with Crippen LogP contribution in [0.25, 0.3) is 0 Å². The maximum Gasteiger partial charge on any atom is 0.314 e. The monoisotopic (exact) mass is 226 g/mol. The van der Waals surface area contributed by atoms with Gasteiger partial charge < -0.3 is 10.1 Å². The summed E-state index contributed by atoms with van der Waals surface area (Å²) in [7, 11) is 0. The highest BCUT2D eigenvalue weighted by Crippen LogP contribution is 2.31. The molecule has 0 radical (unpaired) electrons. The zero-order chi connectivity index (χ0) is 11.5. The van der Waals surface area contributed by atoms with Crippen LogP contribution >= 0.6 is 0 Å². The van der Waals surface area contributed by atoms with Gasteiger partial charge in [0.05, 0.1) is 4.92 Å². The lowest BCUT2D eigenvalue weighted by Gasteiger charge is -2.12. The highest BCUT2D eigenvalue weighted by atomic mass is 19.1. The molecule has 1 heterocycles. The zero-order valence-electron chi connectivity index (χ0n) is 8.48. The zero-order valence-corrected chi connectivity index (χ0v) is 8.48. The number of nitro groups is 1. The van der Waals surface area contributed by atoms with E-state index < -0.39 is 10.7 Å². The summed E-state index contributed by atoms with van der Waals surface area (Å²) in [5.74, 6) is -0.956. The first-order valence-corrected chi connectivity index (χ1v) is 4.99. The summed E-state index contributed by atoms with van der Waals surface area (Å²) in [6.07, 6.45) is 0.529. The lowest BCUT2D eigenvalue weighted by Crippen LogP contribution is -2.20. The molecule has 0 saturated carbocycles. The second-order valence-electron chi connectivity index (χ2n) is 3.58. The van der Waals surface area contributed by atoms with Crippen molar-refractivity contribution < 1.29 is 14.1 Å². The Bertz CT molecular complexity index is 405. The molecule has 1 fully saturated rings. The number of benzene rings is 1. The van der Waals surface area contributed by atoms with Crippen LogP contribution in [-0.2, 0) is 0 Å². The van der Waals surface area contributed by atoms with E-state index in [2.05, 4.69) is 5.32 Å². The van der Waals surface area contributed by atoms with Crippen molar-refractivity contribution in [2.45, 2.75) is 12.5 Å².